The van der Waals surface area contributed by atoms with Crippen molar-refractivity contribution in [1.29, 1.82) is 0 Å². The first-order chi connectivity index (χ1) is 16.6. The number of nitrogens with zero attached hydrogens (tertiary/aromatic N) is 3. The number of sulfonamides is 1. The van der Waals surface area contributed by atoms with Gasteiger partial charge >= 0.3 is 0 Å². The van der Waals surface area contributed by atoms with Crippen molar-refractivity contribution < 1.29 is 17.9 Å². The number of rotatable bonds is 4. The summed E-state index contributed by atoms with van der Waals surface area (Å²) < 4.78 is 39.3. The monoisotopic (exact) mass is 474 g/mol. The molecule has 0 atom stereocenters. The number of pyridine rings is 2. The fourth-order valence-corrected chi connectivity index (χ4v) is 5.82. The lowest BCUT2D eigenvalue weighted by Gasteiger charge is -2.29. The van der Waals surface area contributed by atoms with Gasteiger partial charge in [0, 0.05) is 36.3 Å². The van der Waals surface area contributed by atoms with E-state index in [9.17, 15) is 8.42 Å². The van der Waals surface area contributed by atoms with Gasteiger partial charge in [-0.3, -0.25) is 4.98 Å². The summed E-state index contributed by atoms with van der Waals surface area (Å²) in [4.78, 5) is 9.23. The van der Waals surface area contributed by atoms with Crippen LogP contribution in [0.3, 0.4) is 0 Å². The summed E-state index contributed by atoms with van der Waals surface area (Å²) in [5, 5.41) is 4.41. The van der Waals surface area contributed by atoms with Crippen LogP contribution in [0.2, 0.25) is 0 Å². The van der Waals surface area contributed by atoms with Crippen molar-refractivity contribution in [3.63, 3.8) is 0 Å². The number of anilines is 2. The highest BCUT2D eigenvalue weighted by molar-refractivity contribution is 7.89. The summed E-state index contributed by atoms with van der Waals surface area (Å²) in [7, 11) is -3.69. The highest BCUT2D eigenvalue weighted by Gasteiger charge is 2.30. The van der Waals surface area contributed by atoms with Crippen molar-refractivity contribution >= 4 is 32.4 Å². The van der Waals surface area contributed by atoms with Gasteiger partial charge in [-0.1, -0.05) is 18.2 Å². The van der Waals surface area contributed by atoms with E-state index < -0.39 is 10.0 Å². The van der Waals surface area contributed by atoms with Crippen molar-refractivity contribution in [2.75, 3.05) is 25.1 Å². The fourth-order valence-electron chi connectivity index (χ4n) is 4.39. The van der Waals surface area contributed by atoms with Crippen molar-refractivity contribution in [2.24, 2.45) is 0 Å². The minimum absolute atomic E-state index is 0.204. The summed E-state index contributed by atoms with van der Waals surface area (Å²) in [6, 6.07) is 16.6. The van der Waals surface area contributed by atoms with E-state index >= 15 is 0 Å². The number of para-hydroxylation sites is 1. The predicted octanol–water partition coefficient (Wildman–Crippen LogP) is 3.89. The minimum atomic E-state index is -3.69. The van der Waals surface area contributed by atoms with Gasteiger partial charge in [-0.2, -0.15) is 4.31 Å². The zero-order chi connectivity index (χ0) is 23.1. The van der Waals surface area contributed by atoms with Gasteiger partial charge in [-0.25, -0.2) is 13.4 Å². The van der Waals surface area contributed by atoms with Crippen LogP contribution in [-0.2, 0) is 23.0 Å². The van der Waals surface area contributed by atoms with Gasteiger partial charge in [-0.05, 0) is 42.3 Å². The van der Waals surface area contributed by atoms with Crippen molar-refractivity contribution in [3.05, 3.63) is 78.1 Å². The Balaban J connectivity index is 1.26. The third-order valence-electron chi connectivity index (χ3n) is 6.12. The second-order valence-corrected chi connectivity index (χ2v) is 10.2. The molecule has 9 heteroatoms. The maximum absolute atomic E-state index is 13.4. The Hall–Kier alpha value is -3.69. The average molecular weight is 475 g/mol. The van der Waals surface area contributed by atoms with Crippen LogP contribution in [0, 0.1) is 0 Å². The second kappa shape index (κ2) is 8.27. The van der Waals surface area contributed by atoms with E-state index in [2.05, 4.69) is 15.3 Å². The molecule has 2 aromatic carbocycles. The van der Waals surface area contributed by atoms with Gasteiger partial charge in [0.05, 0.1) is 22.3 Å². The van der Waals surface area contributed by atoms with Crippen LogP contribution in [0.25, 0.3) is 10.9 Å². The fraction of sp³-hybridized carbons (Fsp3) is 0.200. The molecule has 172 valence electrons. The number of hydrogen-bond acceptors (Lipinski definition) is 7. The molecule has 0 unspecified atom stereocenters. The maximum Gasteiger partial charge on any atom is 0.243 e. The van der Waals surface area contributed by atoms with Crippen LogP contribution in [-0.4, -0.2) is 42.4 Å². The Labute approximate surface area is 197 Å². The molecular weight excluding hydrogens is 452 g/mol. The Morgan fingerprint density at radius 2 is 1.79 bits per heavy atom. The van der Waals surface area contributed by atoms with Crippen molar-refractivity contribution in [1.82, 2.24) is 14.3 Å². The molecule has 0 aliphatic carbocycles. The molecule has 0 spiro atoms. The zero-order valence-corrected chi connectivity index (χ0v) is 19.1. The molecule has 2 aliphatic heterocycles. The molecule has 0 amide bonds. The van der Waals surface area contributed by atoms with E-state index in [1.54, 1.807) is 30.6 Å². The third-order valence-corrected chi connectivity index (χ3v) is 7.96. The van der Waals surface area contributed by atoms with Crippen molar-refractivity contribution in [2.45, 2.75) is 17.9 Å². The smallest absolute Gasteiger partial charge is 0.243 e. The number of aromatic nitrogens is 2. The van der Waals surface area contributed by atoms with E-state index in [1.165, 1.54) is 4.31 Å². The first kappa shape index (κ1) is 20.9. The predicted molar refractivity (Wildman–Crippen MR) is 128 cm³/mol. The second-order valence-electron chi connectivity index (χ2n) is 8.23. The topological polar surface area (TPSA) is 93.7 Å². The van der Waals surface area contributed by atoms with Gasteiger partial charge in [-0.15, -0.1) is 0 Å². The van der Waals surface area contributed by atoms with Crippen LogP contribution >= 0.6 is 0 Å². The normalized spacial score (nSPS) is 15.6. The maximum atomic E-state index is 13.4. The molecule has 0 saturated carbocycles. The lowest BCUT2D eigenvalue weighted by Crippen LogP contribution is -2.36. The molecule has 0 fully saturated rings. The molecule has 0 saturated heterocycles. The summed E-state index contributed by atoms with van der Waals surface area (Å²) in [5.74, 6) is 1.76. The molecule has 2 aliphatic rings. The number of benzene rings is 2. The first-order valence-corrected chi connectivity index (χ1v) is 12.5. The Kier molecular flexibility index (Phi) is 5.08. The van der Waals surface area contributed by atoms with Gasteiger partial charge < -0.3 is 14.8 Å². The van der Waals surface area contributed by atoms with Crippen LogP contribution in [0.1, 0.15) is 11.1 Å². The highest BCUT2D eigenvalue weighted by Crippen LogP contribution is 2.35. The molecule has 4 aromatic rings. The lowest BCUT2D eigenvalue weighted by molar-refractivity contribution is 0.171. The number of hydrogen-bond donors (Lipinski definition) is 1. The van der Waals surface area contributed by atoms with Gasteiger partial charge in [0.1, 0.15) is 19.0 Å². The Morgan fingerprint density at radius 1 is 0.941 bits per heavy atom. The van der Waals surface area contributed by atoms with Gasteiger partial charge in [0.15, 0.2) is 11.5 Å². The molecule has 2 aromatic heterocycles. The van der Waals surface area contributed by atoms with Gasteiger partial charge in [0.25, 0.3) is 0 Å². The first-order valence-electron chi connectivity index (χ1n) is 11.1. The molecule has 0 radical (unpaired) electrons. The highest BCUT2D eigenvalue weighted by atomic mass is 32.2. The minimum Gasteiger partial charge on any atom is -0.486 e. The lowest BCUT2D eigenvalue weighted by atomic mass is 10.0. The molecule has 6 rings (SSSR count). The standard InChI is InChI=1S/C25H22N4O4S/c30-34(31,20-5-6-23-24(14-20)33-12-11-32-23)29-10-8-21-18(16-29)7-9-26-25(21)28-19-13-17-3-1-2-4-22(17)27-15-19/h1-7,9,13-15H,8,10-12,16H2,(H,26,28). The third kappa shape index (κ3) is 3.72. The molecule has 0 bridgehead atoms. The van der Waals surface area contributed by atoms with Crippen LogP contribution in [0.4, 0.5) is 11.5 Å². The largest absolute Gasteiger partial charge is 0.486 e. The number of ether oxygens (including phenoxy) is 2. The molecular formula is C25H22N4O4S. The zero-order valence-electron chi connectivity index (χ0n) is 18.3. The van der Waals surface area contributed by atoms with E-state index in [1.807, 2.05) is 36.4 Å². The van der Waals surface area contributed by atoms with E-state index in [0.29, 0.717) is 37.7 Å². The number of fused-ring (bicyclic) bond motifs is 3. The quantitative estimate of drug-likeness (QED) is 0.480. The average Bonchev–Trinajstić information content (AvgIpc) is 2.88. The van der Waals surface area contributed by atoms with Crippen LogP contribution in [0.15, 0.2) is 71.9 Å². The summed E-state index contributed by atoms with van der Waals surface area (Å²) >= 11 is 0. The molecule has 34 heavy (non-hydrogen) atoms. The Morgan fingerprint density at radius 3 is 2.71 bits per heavy atom. The Bertz CT molecular complexity index is 1510. The van der Waals surface area contributed by atoms with Crippen molar-refractivity contribution in [3.8, 4) is 11.5 Å². The summed E-state index contributed by atoms with van der Waals surface area (Å²) in [6.45, 7) is 1.50. The van der Waals surface area contributed by atoms with E-state index in [0.717, 1.165) is 33.5 Å². The molecule has 8 nitrogen and oxygen atoms in total. The SMILES string of the molecule is O=S(=O)(c1ccc2c(c1)OCCO2)N1CCc2c(ccnc2Nc2cnc3ccccc3c2)C1. The van der Waals surface area contributed by atoms with Gasteiger partial charge in [0.2, 0.25) is 10.0 Å². The molecule has 1 N–H and O–H groups in total. The van der Waals surface area contributed by atoms with E-state index in [-0.39, 0.29) is 11.4 Å². The van der Waals surface area contributed by atoms with Crippen LogP contribution in [0.5, 0.6) is 11.5 Å². The van der Waals surface area contributed by atoms with Crippen LogP contribution < -0.4 is 14.8 Å². The molecule has 4 heterocycles. The number of nitrogens with one attached hydrogen (secondary N) is 1. The van der Waals surface area contributed by atoms with E-state index in [4.69, 9.17) is 9.47 Å². The summed E-state index contributed by atoms with van der Waals surface area (Å²) in [6.07, 6.45) is 4.04. The summed E-state index contributed by atoms with van der Waals surface area (Å²) in [5.41, 5.74) is 3.71.